The summed E-state index contributed by atoms with van der Waals surface area (Å²) in [6.07, 6.45) is 2.31. The van der Waals surface area contributed by atoms with Crippen molar-refractivity contribution in [3.05, 3.63) is 41.2 Å². The molecule has 1 saturated heterocycles. The van der Waals surface area contributed by atoms with Crippen LogP contribution in [0.5, 0.6) is 11.5 Å². The first-order valence-electron chi connectivity index (χ1n) is 9.27. The molecule has 0 amide bonds. The van der Waals surface area contributed by atoms with Crippen molar-refractivity contribution in [2.24, 2.45) is 0 Å². The number of piperidine rings is 1. The van der Waals surface area contributed by atoms with E-state index in [2.05, 4.69) is 23.8 Å². The molecule has 0 unspecified atom stereocenters. The summed E-state index contributed by atoms with van der Waals surface area (Å²) in [5, 5.41) is 13.7. The summed E-state index contributed by atoms with van der Waals surface area (Å²) >= 11 is 0. The zero-order valence-corrected chi connectivity index (χ0v) is 15.9. The summed E-state index contributed by atoms with van der Waals surface area (Å²) in [6, 6.07) is 7.79. The van der Waals surface area contributed by atoms with Crippen LogP contribution in [0.15, 0.2) is 24.3 Å². The fraction of sp³-hybridized carbons (Fsp3) is 0.550. The quantitative estimate of drug-likeness (QED) is 0.823. The maximum absolute atomic E-state index is 9.15. The Morgan fingerprint density at radius 2 is 1.77 bits per heavy atom. The van der Waals surface area contributed by atoms with Crippen LogP contribution in [0.1, 0.15) is 29.8 Å². The second-order valence-corrected chi connectivity index (χ2v) is 6.87. The van der Waals surface area contributed by atoms with Crippen LogP contribution < -0.4 is 9.47 Å². The highest BCUT2D eigenvalue weighted by Gasteiger charge is 2.22. The molecule has 0 radical (unpaired) electrons. The molecule has 0 aliphatic carbocycles. The van der Waals surface area contributed by atoms with Gasteiger partial charge in [-0.2, -0.15) is 5.10 Å². The molecule has 142 valence electrons. The zero-order valence-electron chi connectivity index (χ0n) is 15.9. The lowest BCUT2D eigenvalue weighted by Crippen LogP contribution is -2.38. The van der Waals surface area contributed by atoms with Crippen molar-refractivity contribution in [3.63, 3.8) is 0 Å². The van der Waals surface area contributed by atoms with Gasteiger partial charge in [-0.3, -0.25) is 9.58 Å². The van der Waals surface area contributed by atoms with Crippen LogP contribution >= 0.6 is 0 Å². The molecule has 3 rings (SSSR count). The molecule has 6 heteroatoms. The number of hydrogen-bond acceptors (Lipinski definition) is 5. The maximum Gasteiger partial charge on any atom is 0.119 e. The van der Waals surface area contributed by atoms with Crippen molar-refractivity contribution in [1.29, 1.82) is 0 Å². The summed E-state index contributed by atoms with van der Waals surface area (Å²) in [6.45, 7) is 7.77. The van der Waals surface area contributed by atoms with E-state index in [1.165, 1.54) is 5.56 Å². The van der Waals surface area contributed by atoms with Crippen LogP contribution in [0.4, 0.5) is 0 Å². The Kier molecular flexibility index (Phi) is 6.16. The fourth-order valence-corrected chi connectivity index (χ4v) is 3.53. The van der Waals surface area contributed by atoms with Crippen molar-refractivity contribution in [3.8, 4) is 11.5 Å². The molecule has 1 aromatic carbocycles. The van der Waals surface area contributed by atoms with Crippen LogP contribution in [-0.4, -0.2) is 52.7 Å². The summed E-state index contributed by atoms with van der Waals surface area (Å²) in [5.41, 5.74) is 3.51. The second kappa shape index (κ2) is 8.56. The fourth-order valence-electron chi connectivity index (χ4n) is 3.53. The van der Waals surface area contributed by atoms with E-state index >= 15 is 0 Å². The van der Waals surface area contributed by atoms with Gasteiger partial charge in [0.05, 0.1) is 26.0 Å². The van der Waals surface area contributed by atoms with Gasteiger partial charge >= 0.3 is 0 Å². The van der Waals surface area contributed by atoms with E-state index in [-0.39, 0.29) is 12.7 Å². The Bertz CT molecular complexity index is 704. The number of aliphatic hydroxyl groups is 1. The maximum atomic E-state index is 9.15. The van der Waals surface area contributed by atoms with Crippen LogP contribution in [0.2, 0.25) is 0 Å². The summed E-state index contributed by atoms with van der Waals surface area (Å²) in [5.74, 6) is 1.75. The molecule has 0 saturated carbocycles. The molecule has 1 aliphatic heterocycles. The Morgan fingerprint density at radius 3 is 2.38 bits per heavy atom. The number of rotatable bonds is 7. The molecule has 0 bridgehead atoms. The Labute approximate surface area is 155 Å². The highest BCUT2D eigenvalue weighted by Crippen LogP contribution is 2.23. The molecular formula is C20H29N3O3. The predicted octanol–water partition coefficient (Wildman–Crippen LogP) is 2.54. The van der Waals surface area contributed by atoms with E-state index < -0.39 is 0 Å². The number of aromatic nitrogens is 2. The first-order valence-corrected chi connectivity index (χ1v) is 9.27. The average molecular weight is 359 g/mol. The first-order chi connectivity index (χ1) is 12.6. The zero-order chi connectivity index (χ0) is 18.5. The number of aryl methyl sites for hydroxylation is 1. The molecule has 2 heterocycles. The second-order valence-electron chi connectivity index (χ2n) is 6.87. The molecule has 0 atom stereocenters. The van der Waals surface area contributed by atoms with Crippen LogP contribution in [0.3, 0.4) is 0 Å². The molecule has 1 fully saturated rings. The molecule has 2 aromatic rings. The number of nitrogens with zero attached hydrogens (tertiary/aromatic N) is 3. The van der Waals surface area contributed by atoms with Gasteiger partial charge in [-0.15, -0.1) is 0 Å². The molecule has 1 aliphatic rings. The largest absolute Gasteiger partial charge is 0.497 e. The highest BCUT2D eigenvalue weighted by molar-refractivity contribution is 5.31. The average Bonchev–Trinajstić information content (AvgIpc) is 2.92. The third-order valence-electron chi connectivity index (χ3n) is 5.12. The van der Waals surface area contributed by atoms with Crippen LogP contribution in [-0.2, 0) is 13.1 Å². The molecule has 1 N–H and O–H groups in total. The number of likely N-dealkylation sites (tertiary alicyclic amines) is 1. The van der Waals surface area contributed by atoms with E-state index in [1.54, 1.807) is 7.11 Å². The van der Waals surface area contributed by atoms with Gasteiger partial charge in [0.2, 0.25) is 0 Å². The smallest absolute Gasteiger partial charge is 0.119 e. The predicted molar refractivity (Wildman–Crippen MR) is 101 cm³/mol. The van der Waals surface area contributed by atoms with Gasteiger partial charge < -0.3 is 14.6 Å². The third-order valence-corrected chi connectivity index (χ3v) is 5.12. The number of methoxy groups -OCH3 is 1. The van der Waals surface area contributed by atoms with Crippen molar-refractivity contribution in [2.75, 3.05) is 26.8 Å². The lowest BCUT2D eigenvalue weighted by atomic mass is 10.1. The minimum Gasteiger partial charge on any atom is -0.497 e. The Morgan fingerprint density at radius 1 is 1.12 bits per heavy atom. The van der Waals surface area contributed by atoms with Crippen molar-refractivity contribution in [2.45, 2.75) is 45.9 Å². The van der Waals surface area contributed by atoms with E-state index in [4.69, 9.17) is 14.6 Å². The topological polar surface area (TPSA) is 59.8 Å². The summed E-state index contributed by atoms with van der Waals surface area (Å²) < 4.78 is 13.2. The van der Waals surface area contributed by atoms with E-state index in [9.17, 15) is 0 Å². The molecule has 6 nitrogen and oxygen atoms in total. The van der Waals surface area contributed by atoms with E-state index in [1.807, 2.05) is 28.9 Å². The summed E-state index contributed by atoms with van der Waals surface area (Å²) in [7, 11) is 1.67. The lowest BCUT2D eigenvalue weighted by molar-refractivity contribution is 0.0965. The van der Waals surface area contributed by atoms with Gasteiger partial charge in [0.15, 0.2) is 0 Å². The number of aliphatic hydroxyl groups excluding tert-OH is 1. The Balaban J connectivity index is 1.52. The first kappa shape index (κ1) is 18.7. The molecule has 1 aromatic heterocycles. The minimum absolute atomic E-state index is 0.121. The monoisotopic (exact) mass is 359 g/mol. The SMILES string of the molecule is COc1ccc(OC2CCN(Cc3c(C)nn(CCO)c3C)CC2)cc1. The van der Waals surface area contributed by atoms with Gasteiger partial charge in [0, 0.05) is 30.9 Å². The number of ether oxygens (including phenoxy) is 2. The minimum atomic E-state index is 0.121. The van der Waals surface area contributed by atoms with E-state index in [0.29, 0.717) is 6.54 Å². The van der Waals surface area contributed by atoms with Gasteiger partial charge in [-0.1, -0.05) is 0 Å². The molecule has 0 spiro atoms. The van der Waals surface area contributed by atoms with Crippen molar-refractivity contribution in [1.82, 2.24) is 14.7 Å². The van der Waals surface area contributed by atoms with Gasteiger partial charge in [0.1, 0.15) is 17.6 Å². The van der Waals surface area contributed by atoms with Crippen molar-refractivity contribution < 1.29 is 14.6 Å². The lowest BCUT2D eigenvalue weighted by Gasteiger charge is -2.32. The normalized spacial score (nSPS) is 16.0. The number of benzene rings is 1. The highest BCUT2D eigenvalue weighted by atomic mass is 16.5. The van der Waals surface area contributed by atoms with Gasteiger partial charge in [0.25, 0.3) is 0 Å². The summed E-state index contributed by atoms with van der Waals surface area (Å²) in [4.78, 5) is 2.47. The van der Waals surface area contributed by atoms with Gasteiger partial charge in [-0.25, -0.2) is 0 Å². The van der Waals surface area contributed by atoms with Crippen LogP contribution in [0.25, 0.3) is 0 Å². The number of hydrogen-bond donors (Lipinski definition) is 1. The van der Waals surface area contributed by atoms with Crippen LogP contribution in [0, 0.1) is 13.8 Å². The molecule has 26 heavy (non-hydrogen) atoms. The Hall–Kier alpha value is -2.05. The standard InChI is InChI=1S/C20H29N3O3/c1-15-20(16(2)23(21-15)12-13-24)14-22-10-8-19(9-11-22)26-18-6-4-17(25-3)5-7-18/h4-7,19,24H,8-14H2,1-3H3. The van der Waals surface area contributed by atoms with E-state index in [0.717, 1.165) is 55.4 Å². The van der Waals surface area contributed by atoms with Crippen molar-refractivity contribution >= 4 is 0 Å². The third kappa shape index (κ3) is 4.37. The molecular weight excluding hydrogens is 330 g/mol. The van der Waals surface area contributed by atoms with Gasteiger partial charge in [-0.05, 0) is 51.0 Å².